The fraction of sp³-hybridized carbons (Fsp3) is 0.621. The molecule has 206 valence electrons. The Kier molecular flexibility index (Phi) is 8.96. The smallest absolute Gasteiger partial charge is 0.317 e. The van der Waals surface area contributed by atoms with Crippen LogP contribution < -0.4 is 15.1 Å². The molecule has 0 radical (unpaired) electrons. The van der Waals surface area contributed by atoms with Gasteiger partial charge in [-0.05, 0) is 68.8 Å². The summed E-state index contributed by atoms with van der Waals surface area (Å²) in [6, 6.07) is 10.8. The zero-order valence-electron chi connectivity index (χ0n) is 23.0. The molecule has 2 saturated heterocycles. The van der Waals surface area contributed by atoms with E-state index in [1.54, 1.807) is 19.0 Å². The number of carbonyl (C=O) groups excluding carboxylic acids is 1. The van der Waals surface area contributed by atoms with Gasteiger partial charge in [0, 0.05) is 71.2 Å². The summed E-state index contributed by atoms with van der Waals surface area (Å²) in [5, 5.41) is 3.16. The molecule has 4 heterocycles. The zero-order valence-corrected chi connectivity index (χ0v) is 23.0. The fourth-order valence-electron chi connectivity index (χ4n) is 5.76. The molecule has 0 aromatic carbocycles. The van der Waals surface area contributed by atoms with E-state index in [2.05, 4.69) is 43.2 Å². The van der Waals surface area contributed by atoms with Gasteiger partial charge in [-0.25, -0.2) is 9.78 Å². The lowest BCUT2D eigenvalue weighted by Crippen LogP contribution is -2.47. The van der Waals surface area contributed by atoms with Crippen molar-refractivity contribution in [1.29, 1.82) is 0 Å². The Labute approximate surface area is 227 Å². The number of morpholine rings is 1. The molecule has 3 fully saturated rings. The van der Waals surface area contributed by atoms with Crippen LogP contribution in [-0.2, 0) is 4.74 Å². The van der Waals surface area contributed by atoms with Crippen LogP contribution in [0.3, 0.4) is 0 Å². The Bertz CT molecular complexity index is 1030. The fourth-order valence-corrected chi connectivity index (χ4v) is 5.76. The van der Waals surface area contributed by atoms with Crippen molar-refractivity contribution in [2.75, 3.05) is 82.9 Å². The van der Waals surface area contributed by atoms with Crippen LogP contribution >= 0.6 is 0 Å². The highest BCUT2D eigenvalue weighted by Gasteiger charge is 2.25. The average Bonchev–Trinajstić information content (AvgIpc) is 2.97. The number of ether oxygens (including phenoxy) is 1. The highest BCUT2D eigenvalue weighted by Crippen LogP contribution is 2.29. The number of carbonyl (C=O) groups is 1. The van der Waals surface area contributed by atoms with Crippen LogP contribution in [0.5, 0.6) is 0 Å². The summed E-state index contributed by atoms with van der Waals surface area (Å²) in [7, 11) is 3.61. The van der Waals surface area contributed by atoms with Gasteiger partial charge in [0.1, 0.15) is 11.6 Å². The van der Waals surface area contributed by atoms with E-state index in [0.717, 1.165) is 101 Å². The van der Waals surface area contributed by atoms with Crippen molar-refractivity contribution in [3.05, 3.63) is 36.5 Å². The van der Waals surface area contributed by atoms with E-state index in [0.29, 0.717) is 6.04 Å². The molecule has 1 saturated carbocycles. The third kappa shape index (κ3) is 6.94. The maximum Gasteiger partial charge on any atom is 0.317 e. The second-order valence-corrected chi connectivity index (χ2v) is 11.1. The normalized spacial score (nSPS) is 22.8. The lowest BCUT2D eigenvalue weighted by molar-refractivity contribution is 0.122. The number of aromatic nitrogens is 2. The highest BCUT2D eigenvalue weighted by molar-refractivity contribution is 5.73. The van der Waals surface area contributed by atoms with Crippen LogP contribution in [0.1, 0.15) is 32.1 Å². The molecule has 0 spiro atoms. The van der Waals surface area contributed by atoms with E-state index >= 15 is 0 Å². The minimum Gasteiger partial charge on any atom is -0.378 e. The van der Waals surface area contributed by atoms with Gasteiger partial charge in [-0.2, -0.15) is 0 Å². The number of nitrogens with one attached hydrogen (secondary N) is 1. The summed E-state index contributed by atoms with van der Waals surface area (Å²) in [5.41, 5.74) is 2.11. The number of nitrogens with zero attached hydrogens (tertiary/aromatic N) is 6. The molecule has 1 aliphatic carbocycles. The minimum atomic E-state index is 0.0310. The summed E-state index contributed by atoms with van der Waals surface area (Å²) >= 11 is 0. The predicted molar refractivity (Wildman–Crippen MR) is 152 cm³/mol. The first-order valence-electron chi connectivity index (χ1n) is 14.3. The average molecular weight is 522 g/mol. The van der Waals surface area contributed by atoms with E-state index in [-0.39, 0.29) is 6.03 Å². The molecule has 0 atom stereocenters. The Balaban J connectivity index is 1.14. The Morgan fingerprint density at radius 1 is 0.974 bits per heavy atom. The summed E-state index contributed by atoms with van der Waals surface area (Å²) < 4.78 is 5.57. The van der Waals surface area contributed by atoms with Crippen LogP contribution in [0.4, 0.5) is 16.4 Å². The molecular weight excluding hydrogens is 478 g/mol. The summed E-state index contributed by atoms with van der Waals surface area (Å²) in [4.78, 5) is 30.7. The van der Waals surface area contributed by atoms with Crippen LogP contribution in [0.15, 0.2) is 36.5 Å². The predicted octanol–water partition coefficient (Wildman–Crippen LogP) is 3.32. The third-order valence-corrected chi connectivity index (χ3v) is 8.22. The van der Waals surface area contributed by atoms with Crippen molar-refractivity contribution in [3.63, 3.8) is 0 Å². The standard InChI is InChI=1S/C29H43N7O2/c1-33(2)29(37)31-25-8-6-23(7-9-25)10-12-34-13-15-35(16-14-34)27-21-24(26-5-3-4-11-30-26)22-28(32-27)36-17-19-38-20-18-36/h3-5,11,21-23,25H,6-10,12-20H2,1-2H3,(H,31,37). The van der Waals surface area contributed by atoms with Gasteiger partial charge in [0.15, 0.2) is 0 Å². The van der Waals surface area contributed by atoms with E-state index < -0.39 is 0 Å². The molecule has 38 heavy (non-hydrogen) atoms. The largest absolute Gasteiger partial charge is 0.378 e. The van der Waals surface area contributed by atoms with E-state index in [1.165, 1.54) is 19.3 Å². The molecule has 2 aromatic rings. The Morgan fingerprint density at radius 3 is 2.29 bits per heavy atom. The summed E-state index contributed by atoms with van der Waals surface area (Å²) in [5.74, 6) is 2.84. The van der Waals surface area contributed by atoms with Gasteiger partial charge in [-0.1, -0.05) is 6.07 Å². The second kappa shape index (κ2) is 12.8. The van der Waals surface area contributed by atoms with Gasteiger partial charge < -0.3 is 24.8 Å². The van der Waals surface area contributed by atoms with Crippen LogP contribution in [0.2, 0.25) is 0 Å². The zero-order chi connectivity index (χ0) is 26.3. The number of rotatable bonds is 7. The molecular formula is C29H43N7O2. The molecule has 9 nitrogen and oxygen atoms in total. The molecule has 2 aromatic heterocycles. The number of amides is 2. The highest BCUT2D eigenvalue weighted by atomic mass is 16.5. The number of anilines is 2. The molecule has 2 amide bonds. The molecule has 0 bridgehead atoms. The second-order valence-electron chi connectivity index (χ2n) is 11.1. The van der Waals surface area contributed by atoms with E-state index in [9.17, 15) is 4.79 Å². The lowest BCUT2D eigenvalue weighted by Gasteiger charge is -2.37. The third-order valence-electron chi connectivity index (χ3n) is 8.22. The number of urea groups is 1. The molecule has 9 heteroatoms. The van der Waals surface area contributed by atoms with Crippen molar-refractivity contribution in [2.45, 2.75) is 38.1 Å². The Hall–Kier alpha value is -2.91. The van der Waals surface area contributed by atoms with Gasteiger partial charge in [0.25, 0.3) is 0 Å². The summed E-state index contributed by atoms with van der Waals surface area (Å²) in [6.07, 6.45) is 7.74. The first-order valence-corrected chi connectivity index (χ1v) is 14.3. The van der Waals surface area contributed by atoms with Gasteiger partial charge >= 0.3 is 6.03 Å². The molecule has 3 aliphatic rings. The molecule has 0 unspecified atom stereocenters. The number of hydrogen-bond donors (Lipinski definition) is 1. The molecule has 5 rings (SSSR count). The van der Waals surface area contributed by atoms with Crippen molar-refractivity contribution in [2.24, 2.45) is 5.92 Å². The maximum atomic E-state index is 11.9. The topological polar surface area (TPSA) is 77.1 Å². The number of pyridine rings is 2. The quantitative estimate of drug-likeness (QED) is 0.599. The summed E-state index contributed by atoms with van der Waals surface area (Å²) in [6.45, 7) is 8.51. The number of piperazine rings is 1. The molecule has 2 aliphatic heterocycles. The SMILES string of the molecule is CN(C)C(=O)NC1CCC(CCN2CCN(c3cc(-c4ccccn4)cc(N4CCOCC4)n3)CC2)CC1. The maximum absolute atomic E-state index is 11.9. The van der Waals surface area contributed by atoms with Gasteiger partial charge in [0.2, 0.25) is 0 Å². The van der Waals surface area contributed by atoms with Gasteiger partial charge in [0.05, 0.1) is 18.9 Å². The van der Waals surface area contributed by atoms with Crippen molar-refractivity contribution in [3.8, 4) is 11.3 Å². The van der Waals surface area contributed by atoms with Gasteiger partial charge in [-0.15, -0.1) is 0 Å². The van der Waals surface area contributed by atoms with Crippen molar-refractivity contribution >= 4 is 17.7 Å². The first kappa shape index (κ1) is 26.7. The van der Waals surface area contributed by atoms with E-state index in [1.807, 2.05) is 18.3 Å². The van der Waals surface area contributed by atoms with Gasteiger partial charge in [-0.3, -0.25) is 9.88 Å². The monoisotopic (exact) mass is 521 g/mol. The van der Waals surface area contributed by atoms with E-state index in [4.69, 9.17) is 9.72 Å². The first-order chi connectivity index (χ1) is 18.5. The molecule has 1 N–H and O–H groups in total. The van der Waals surface area contributed by atoms with Crippen molar-refractivity contribution in [1.82, 2.24) is 25.1 Å². The van der Waals surface area contributed by atoms with Crippen LogP contribution in [0.25, 0.3) is 11.3 Å². The Morgan fingerprint density at radius 2 is 1.66 bits per heavy atom. The van der Waals surface area contributed by atoms with Crippen LogP contribution in [-0.4, -0.2) is 105 Å². The van der Waals surface area contributed by atoms with Crippen molar-refractivity contribution < 1.29 is 9.53 Å². The number of hydrogen-bond acceptors (Lipinski definition) is 7. The van der Waals surface area contributed by atoms with Crippen LogP contribution in [0, 0.1) is 5.92 Å². The minimum absolute atomic E-state index is 0.0310. The lowest BCUT2D eigenvalue weighted by atomic mass is 9.84.